The zero-order valence-electron chi connectivity index (χ0n) is 10.3. The first kappa shape index (κ1) is 11.3. The molecule has 4 nitrogen and oxygen atoms in total. The number of amides is 2. The molecular weight excluding hydrogens is 228 g/mol. The Morgan fingerprint density at radius 2 is 2.00 bits per heavy atom. The number of nitrogens with zero attached hydrogens (tertiary/aromatic N) is 1. The molecule has 4 heteroatoms. The van der Waals surface area contributed by atoms with Gasteiger partial charge >= 0.3 is 0 Å². The summed E-state index contributed by atoms with van der Waals surface area (Å²) in [6, 6.07) is 6.96. The number of fused-ring (bicyclic) bond motifs is 1. The van der Waals surface area contributed by atoms with Crippen LogP contribution in [-0.2, 0) is 4.79 Å². The van der Waals surface area contributed by atoms with Crippen molar-refractivity contribution in [3.8, 4) is 0 Å². The van der Waals surface area contributed by atoms with Crippen LogP contribution in [0.25, 0.3) is 0 Å². The number of likely N-dealkylation sites (N-methyl/N-ethyl adjacent to an activating group) is 1. The normalized spacial score (nSPS) is 23.4. The van der Waals surface area contributed by atoms with Crippen LogP contribution in [0.3, 0.4) is 0 Å². The maximum absolute atomic E-state index is 12.5. The van der Waals surface area contributed by atoms with Crippen LogP contribution in [0, 0.1) is 5.92 Å². The van der Waals surface area contributed by atoms with Gasteiger partial charge in [-0.1, -0.05) is 12.1 Å². The summed E-state index contributed by atoms with van der Waals surface area (Å²) in [5, 5.41) is 2.88. The fourth-order valence-electron chi connectivity index (χ4n) is 2.54. The predicted octanol–water partition coefficient (Wildman–Crippen LogP) is 1.56. The van der Waals surface area contributed by atoms with Crippen LogP contribution in [0.2, 0.25) is 0 Å². The molecule has 2 aliphatic rings. The van der Waals surface area contributed by atoms with E-state index in [-0.39, 0.29) is 17.9 Å². The monoisotopic (exact) mass is 244 g/mol. The number of benzene rings is 1. The Morgan fingerprint density at radius 1 is 1.28 bits per heavy atom. The molecule has 2 amide bonds. The molecule has 0 spiro atoms. The molecule has 1 unspecified atom stereocenters. The number of para-hydroxylation sites is 1. The van der Waals surface area contributed by atoms with Crippen molar-refractivity contribution in [2.75, 3.05) is 11.4 Å². The van der Waals surface area contributed by atoms with E-state index in [4.69, 9.17) is 0 Å². The van der Waals surface area contributed by atoms with Crippen molar-refractivity contribution >= 4 is 17.5 Å². The zero-order valence-corrected chi connectivity index (χ0v) is 10.3. The van der Waals surface area contributed by atoms with E-state index >= 15 is 0 Å². The van der Waals surface area contributed by atoms with Crippen molar-refractivity contribution in [1.29, 1.82) is 0 Å². The molecule has 1 aromatic rings. The molecule has 0 bridgehead atoms. The third-order valence-electron chi connectivity index (χ3n) is 3.67. The highest BCUT2D eigenvalue weighted by atomic mass is 16.2. The topological polar surface area (TPSA) is 49.4 Å². The molecule has 0 radical (unpaired) electrons. The van der Waals surface area contributed by atoms with E-state index in [1.807, 2.05) is 25.1 Å². The van der Waals surface area contributed by atoms with Crippen LogP contribution in [-0.4, -0.2) is 24.4 Å². The van der Waals surface area contributed by atoms with Gasteiger partial charge in [0.2, 0.25) is 5.91 Å². The second kappa shape index (κ2) is 4.12. The molecule has 1 saturated carbocycles. The van der Waals surface area contributed by atoms with Crippen molar-refractivity contribution in [2.24, 2.45) is 5.92 Å². The molecule has 1 heterocycles. The fraction of sp³-hybridized carbons (Fsp3) is 0.429. The van der Waals surface area contributed by atoms with Crippen LogP contribution in [0.15, 0.2) is 24.3 Å². The van der Waals surface area contributed by atoms with Gasteiger partial charge in [-0.3, -0.25) is 9.59 Å². The van der Waals surface area contributed by atoms with Gasteiger partial charge in [-0.25, -0.2) is 0 Å². The van der Waals surface area contributed by atoms with E-state index in [2.05, 4.69) is 5.32 Å². The second-order valence-corrected chi connectivity index (χ2v) is 4.89. The van der Waals surface area contributed by atoms with E-state index in [9.17, 15) is 9.59 Å². The first-order chi connectivity index (χ1) is 8.72. The lowest BCUT2D eigenvalue weighted by molar-refractivity contribution is -0.120. The number of hydrogen-bond acceptors (Lipinski definition) is 2. The number of anilines is 1. The minimum absolute atomic E-state index is 0.0262. The lowest BCUT2D eigenvalue weighted by Gasteiger charge is -2.23. The van der Waals surface area contributed by atoms with Gasteiger partial charge in [0.15, 0.2) is 0 Å². The number of carbonyl (C=O) groups is 2. The average Bonchev–Trinajstić information content (AvgIpc) is 3.20. The quantitative estimate of drug-likeness (QED) is 0.858. The SMILES string of the molecule is CCN1C(=O)C(C2CC2)NC(=O)c2ccccc21. The molecule has 1 aliphatic heterocycles. The summed E-state index contributed by atoms with van der Waals surface area (Å²) < 4.78 is 0. The van der Waals surface area contributed by atoms with Crippen LogP contribution >= 0.6 is 0 Å². The molecule has 3 rings (SSSR count). The van der Waals surface area contributed by atoms with Crippen molar-refractivity contribution in [1.82, 2.24) is 5.32 Å². The maximum Gasteiger partial charge on any atom is 0.254 e. The third kappa shape index (κ3) is 1.68. The largest absolute Gasteiger partial charge is 0.340 e. The Hall–Kier alpha value is -1.84. The highest BCUT2D eigenvalue weighted by Crippen LogP contribution is 2.36. The number of nitrogens with one attached hydrogen (secondary N) is 1. The van der Waals surface area contributed by atoms with Crippen molar-refractivity contribution in [2.45, 2.75) is 25.8 Å². The van der Waals surface area contributed by atoms with Gasteiger partial charge < -0.3 is 10.2 Å². The Bertz CT molecular complexity index is 508. The highest BCUT2D eigenvalue weighted by Gasteiger charge is 2.42. The van der Waals surface area contributed by atoms with Crippen LogP contribution < -0.4 is 10.2 Å². The van der Waals surface area contributed by atoms with E-state index in [1.54, 1.807) is 11.0 Å². The lowest BCUT2D eigenvalue weighted by atomic mass is 10.1. The molecule has 94 valence electrons. The molecule has 1 fully saturated rings. The minimum atomic E-state index is -0.343. The van der Waals surface area contributed by atoms with Crippen LogP contribution in [0.5, 0.6) is 0 Å². The van der Waals surface area contributed by atoms with Crippen LogP contribution in [0.1, 0.15) is 30.1 Å². The number of carbonyl (C=O) groups excluding carboxylic acids is 2. The van der Waals surface area contributed by atoms with Crippen molar-refractivity contribution in [3.63, 3.8) is 0 Å². The number of hydrogen-bond donors (Lipinski definition) is 1. The summed E-state index contributed by atoms with van der Waals surface area (Å²) in [6.45, 7) is 2.53. The molecule has 1 atom stereocenters. The first-order valence-electron chi connectivity index (χ1n) is 6.43. The summed E-state index contributed by atoms with van der Waals surface area (Å²) in [5.41, 5.74) is 1.32. The standard InChI is InChI=1S/C14H16N2O2/c1-2-16-11-6-4-3-5-10(11)13(17)15-12(14(16)18)9-7-8-9/h3-6,9,12H,2,7-8H2,1H3,(H,15,17). The summed E-state index contributed by atoms with van der Waals surface area (Å²) in [6.07, 6.45) is 2.06. The van der Waals surface area contributed by atoms with Crippen molar-refractivity contribution in [3.05, 3.63) is 29.8 Å². The van der Waals surface area contributed by atoms with Gasteiger partial charge in [-0.2, -0.15) is 0 Å². The summed E-state index contributed by atoms with van der Waals surface area (Å²) in [7, 11) is 0. The molecule has 18 heavy (non-hydrogen) atoms. The van der Waals surface area contributed by atoms with Gasteiger partial charge in [0.1, 0.15) is 6.04 Å². The second-order valence-electron chi connectivity index (χ2n) is 4.89. The predicted molar refractivity (Wildman–Crippen MR) is 68.4 cm³/mol. The smallest absolute Gasteiger partial charge is 0.254 e. The first-order valence-corrected chi connectivity index (χ1v) is 6.43. The lowest BCUT2D eigenvalue weighted by Crippen LogP contribution is -2.47. The zero-order chi connectivity index (χ0) is 12.7. The van der Waals surface area contributed by atoms with Crippen molar-refractivity contribution < 1.29 is 9.59 Å². The Morgan fingerprint density at radius 3 is 2.67 bits per heavy atom. The Labute approximate surface area is 106 Å². The molecule has 1 aromatic carbocycles. The van der Waals surface area contributed by atoms with Crippen LogP contribution in [0.4, 0.5) is 5.69 Å². The highest BCUT2D eigenvalue weighted by molar-refractivity contribution is 6.11. The minimum Gasteiger partial charge on any atom is -0.340 e. The number of rotatable bonds is 2. The summed E-state index contributed by atoms with van der Waals surface area (Å²) >= 11 is 0. The van der Waals surface area contributed by atoms with Gasteiger partial charge in [0.05, 0.1) is 11.3 Å². The fourth-order valence-corrected chi connectivity index (χ4v) is 2.54. The Balaban J connectivity index is 2.07. The average molecular weight is 244 g/mol. The van der Waals surface area contributed by atoms with Gasteiger partial charge in [0, 0.05) is 6.54 Å². The summed E-state index contributed by atoms with van der Waals surface area (Å²) in [4.78, 5) is 26.4. The molecule has 0 aromatic heterocycles. The molecule has 1 aliphatic carbocycles. The molecular formula is C14H16N2O2. The van der Waals surface area contributed by atoms with E-state index in [0.29, 0.717) is 18.0 Å². The molecule has 0 saturated heterocycles. The van der Waals surface area contributed by atoms with Gasteiger partial charge in [-0.15, -0.1) is 0 Å². The summed E-state index contributed by atoms with van der Waals surface area (Å²) in [5.74, 6) is 0.218. The van der Waals surface area contributed by atoms with Gasteiger partial charge in [-0.05, 0) is 37.8 Å². The third-order valence-corrected chi connectivity index (χ3v) is 3.67. The van der Waals surface area contributed by atoms with E-state index in [1.165, 1.54) is 0 Å². The van der Waals surface area contributed by atoms with E-state index in [0.717, 1.165) is 18.5 Å². The van der Waals surface area contributed by atoms with E-state index < -0.39 is 0 Å². The van der Waals surface area contributed by atoms with Gasteiger partial charge in [0.25, 0.3) is 5.91 Å². The maximum atomic E-state index is 12.5. The molecule has 1 N–H and O–H groups in total. The Kier molecular flexibility index (Phi) is 2.58.